The van der Waals surface area contributed by atoms with E-state index in [1.54, 1.807) is 12.1 Å². The number of carbonyl (C=O) groups excluding carboxylic acids is 2. The second kappa shape index (κ2) is 8.35. The van der Waals surface area contributed by atoms with Crippen LogP contribution in [0.15, 0.2) is 18.2 Å². The molecule has 0 fully saturated rings. The molecule has 6 nitrogen and oxygen atoms in total. The number of nitrogens with zero attached hydrogens (tertiary/aromatic N) is 2. The predicted molar refractivity (Wildman–Crippen MR) is 89.7 cm³/mol. The number of nitrogens with one attached hydrogen (secondary N) is 1. The van der Waals surface area contributed by atoms with Crippen molar-refractivity contribution in [3.05, 3.63) is 28.8 Å². The maximum atomic E-state index is 12.8. The Balaban J connectivity index is 1.93. The molecule has 0 aliphatic heterocycles. The van der Waals surface area contributed by atoms with E-state index in [1.165, 1.54) is 14.2 Å². The van der Waals surface area contributed by atoms with Gasteiger partial charge in [0.2, 0.25) is 0 Å². The van der Waals surface area contributed by atoms with E-state index in [4.69, 9.17) is 0 Å². The van der Waals surface area contributed by atoms with Gasteiger partial charge in [-0.3, -0.25) is 14.3 Å². The van der Waals surface area contributed by atoms with Gasteiger partial charge in [0, 0.05) is 20.0 Å². The minimum absolute atomic E-state index is 0.168. The minimum Gasteiger partial charge on any atom is -0.469 e. The molecule has 0 saturated carbocycles. The molecule has 0 aliphatic rings. The predicted octanol–water partition coefficient (Wildman–Crippen LogP) is 3.24. The fourth-order valence-electron chi connectivity index (χ4n) is 2.24. The van der Waals surface area contributed by atoms with Crippen LogP contribution in [0.3, 0.4) is 0 Å². The molecule has 142 valence electrons. The summed E-state index contributed by atoms with van der Waals surface area (Å²) < 4.78 is 43.8. The first kappa shape index (κ1) is 20.0. The number of thiophene rings is 1. The molecular weight excluding hydrogens is 371 g/mol. The van der Waals surface area contributed by atoms with Gasteiger partial charge < -0.3 is 10.1 Å². The Labute approximate surface area is 152 Å². The molecule has 0 aromatic carbocycles. The van der Waals surface area contributed by atoms with Gasteiger partial charge in [0.15, 0.2) is 0 Å². The van der Waals surface area contributed by atoms with Crippen molar-refractivity contribution >= 4 is 23.2 Å². The summed E-state index contributed by atoms with van der Waals surface area (Å²) in [7, 11) is 2.54. The molecule has 2 aromatic heterocycles. The van der Waals surface area contributed by atoms with Gasteiger partial charge in [-0.2, -0.15) is 18.3 Å². The Hall–Kier alpha value is -2.36. The number of aryl methyl sites for hydroxylation is 1. The Kier molecular flexibility index (Phi) is 6.41. The van der Waals surface area contributed by atoms with Gasteiger partial charge >= 0.3 is 12.1 Å². The molecule has 2 aromatic rings. The van der Waals surface area contributed by atoms with Crippen molar-refractivity contribution in [1.82, 2.24) is 15.1 Å². The molecule has 0 saturated heterocycles. The van der Waals surface area contributed by atoms with Gasteiger partial charge in [0.1, 0.15) is 11.4 Å². The number of aromatic nitrogens is 2. The molecule has 0 atom stereocenters. The number of carbonyl (C=O) groups is 2. The lowest BCUT2D eigenvalue weighted by Crippen LogP contribution is -2.23. The molecule has 0 aliphatic carbocycles. The Morgan fingerprint density at radius 1 is 1.31 bits per heavy atom. The summed E-state index contributed by atoms with van der Waals surface area (Å²) in [5, 5.41) is 6.57. The van der Waals surface area contributed by atoms with E-state index in [-0.39, 0.29) is 24.0 Å². The highest BCUT2D eigenvalue weighted by molar-refractivity contribution is 7.17. The molecule has 0 spiro atoms. The van der Waals surface area contributed by atoms with E-state index < -0.39 is 11.9 Å². The standard InChI is InChI=1S/C16H18F3N3O3S/c1-22-13(16(17,18)19)9-10(21-22)11-6-7-12(26-11)15(24)20-8-4-3-5-14(23)25-2/h6-7,9H,3-5,8H2,1-2H3,(H,20,24). The first-order valence-electron chi connectivity index (χ1n) is 7.79. The Bertz CT molecular complexity index is 783. The van der Waals surface area contributed by atoms with E-state index >= 15 is 0 Å². The average molecular weight is 389 g/mol. The topological polar surface area (TPSA) is 73.2 Å². The summed E-state index contributed by atoms with van der Waals surface area (Å²) in [6.07, 6.45) is -2.98. The summed E-state index contributed by atoms with van der Waals surface area (Å²) in [6, 6.07) is 4.07. The maximum absolute atomic E-state index is 12.8. The van der Waals surface area contributed by atoms with Crippen molar-refractivity contribution in [3.63, 3.8) is 0 Å². The lowest BCUT2D eigenvalue weighted by atomic mass is 10.2. The molecule has 0 bridgehead atoms. The lowest BCUT2D eigenvalue weighted by Gasteiger charge is -2.04. The van der Waals surface area contributed by atoms with E-state index in [2.05, 4.69) is 15.2 Å². The monoisotopic (exact) mass is 389 g/mol. The van der Waals surface area contributed by atoms with Crippen LogP contribution in [-0.2, 0) is 22.8 Å². The third-order valence-corrected chi connectivity index (χ3v) is 4.68. The summed E-state index contributed by atoms with van der Waals surface area (Å²) in [6.45, 7) is 0.394. The van der Waals surface area contributed by atoms with Crippen molar-refractivity contribution in [1.29, 1.82) is 0 Å². The molecule has 0 radical (unpaired) electrons. The van der Waals surface area contributed by atoms with Crippen LogP contribution >= 0.6 is 11.3 Å². The van der Waals surface area contributed by atoms with Crippen LogP contribution in [0.1, 0.15) is 34.6 Å². The largest absolute Gasteiger partial charge is 0.469 e. The van der Waals surface area contributed by atoms with Gasteiger partial charge in [0.25, 0.3) is 5.91 Å². The summed E-state index contributed by atoms with van der Waals surface area (Å²) in [5.74, 6) is -0.612. The highest BCUT2D eigenvalue weighted by Crippen LogP contribution is 2.34. The van der Waals surface area contributed by atoms with Crippen molar-refractivity contribution < 1.29 is 27.5 Å². The molecule has 1 amide bonds. The fourth-order valence-corrected chi connectivity index (χ4v) is 3.11. The summed E-state index contributed by atoms with van der Waals surface area (Å²) >= 11 is 1.07. The van der Waals surface area contributed by atoms with E-state index in [0.717, 1.165) is 22.1 Å². The Morgan fingerprint density at radius 3 is 2.65 bits per heavy atom. The third-order valence-electron chi connectivity index (χ3n) is 3.57. The first-order valence-corrected chi connectivity index (χ1v) is 8.60. The Morgan fingerprint density at radius 2 is 2.04 bits per heavy atom. The van der Waals surface area contributed by atoms with Crippen molar-refractivity contribution in [2.45, 2.75) is 25.4 Å². The lowest BCUT2D eigenvalue weighted by molar-refractivity contribution is -0.143. The van der Waals surface area contributed by atoms with E-state index in [9.17, 15) is 22.8 Å². The highest BCUT2D eigenvalue weighted by atomic mass is 32.1. The van der Waals surface area contributed by atoms with Gasteiger partial charge in [-0.1, -0.05) is 0 Å². The van der Waals surface area contributed by atoms with Crippen molar-refractivity contribution in [3.8, 4) is 10.6 Å². The fraction of sp³-hybridized carbons (Fsp3) is 0.438. The molecule has 1 N–H and O–H groups in total. The number of alkyl halides is 3. The average Bonchev–Trinajstić information content (AvgIpc) is 3.20. The number of esters is 1. The summed E-state index contributed by atoms with van der Waals surface area (Å²) in [5.41, 5.74) is -0.681. The van der Waals surface area contributed by atoms with Crippen LogP contribution in [-0.4, -0.2) is 35.3 Å². The molecule has 2 heterocycles. The highest BCUT2D eigenvalue weighted by Gasteiger charge is 2.35. The minimum atomic E-state index is -4.48. The number of unbranched alkanes of at least 4 members (excludes halogenated alkanes) is 1. The normalized spacial score (nSPS) is 11.4. The molecular formula is C16H18F3N3O3S. The summed E-state index contributed by atoms with van der Waals surface area (Å²) in [4.78, 5) is 23.9. The van der Waals surface area contributed by atoms with Crippen molar-refractivity contribution in [2.75, 3.05) is 13.7 Å². The molecule has 10 heteroatoms. The van der Waals surface area contributed by atoms with Crippen LogP contribution in [0, 0.1) is 0 Å². The quantitative estimate of drug-likeness (QED) is 0.583. The van der Waals surface area contributed by atoms with Gasteiger partial charge in [0.05, 0.1) is 16.9 Å². The zero-order valence-electron chi connectivity index (χ0n) is 14.2. The smallest absolute Gasteiger partial charge is 0.433 e. The van der Waals surface area contributed by atoms with Crippen LogP contribution in [0.2, 0.25) is 0 Å². The number of hydrogen-bond acceptors (Lipinski definition) is 5. The maximum Gasteiger partial charge on any atom is 0.433 e. The van der Waals surface area contributed by atoms with Crippen LogP contribution < -0.4 is 5.32 Å². The number of ether oxygens (including phenoxy) is 1. The number of halogens is 3. The molecule has 2 rings (SSSR count). The second-order valence-electron chi connectivity index (χ2n) is 5.49. The van der Waals surface area contributed by atoms with Gasteiger partial charge in [-0.25, -0.2) is 0 Å². The molecule has 0 unspecified atom stereocenters. The number of rotatable bonds is 7. The van der Waals surface area contributed by atoms with Crippen molar-refractivity contribution in [2.24, 2.45) is 7.05 Å². The van der Waals surface area contributed by atoms with E-state index in [1.807, 2.05) is 0 Å². The van der Waals surface area contributed by atoms with E-state index in [0.29, 0.717) is 29.1 Å². The zero-order valence-corrected chi connectivity index (χ0v) is 15.0. The zero-order chi connectivity index (χ0) is 19.3. The van der Waals surface area contributed by atoms with Crippen LogP contribution in [0.4, 0.5) is 13.2 Å². The van der Waals surface area contributed by atoms with Crippen LogP contribution in [0.25, 0.3) is 10.6 Å². The van der Waals surface area contributed by atoms with Gasteiger partial charge in [-0.15, -0.1) is 11.3 Å². The number of amides is 1. The van der Waals surface area contributed by atoms with Gasteiger partial charge in [-0.05, 0) is 31.0 Å². The third kappa shape index (κ3) is 5.07. The molecule has 26 heavy (non-hydrogen) atoms. The SMILES string of the molecule is COC(=O)CCCCNC(=O)c1ccc(-c2cc(C(F)(F)F)n(C)n2)s1. The second-order valence-corrected chi connectivity index (χ2v) is 6.57. The number of hydrogen-bond donors (Lipinski definition) is 1. The first-order chi connectivity index (χ1) is 12.2. The van der Waals surface area contributed by atoms with Crippen LogP contribution in [0.5, 0.6) is 0 Å². The number of methoxy groups -OCH3 is 1.